The van der Waals surface area contributed by atoms with Crippen molar-refractivity contribution in [1.29, 1.82) is 0 Å². The van der Waals surface area contributed by atoms with Gasteiger partial charge in [-0.2, -0.15) is 0 Å². The Morgan fingerprint density at radius 1 is 1.38 bits per heavy atom. The smallest absolute Gasteiger partial charge is 0.0894 e. The van der Waals surface area contributed by atoms with E-state index in [2.05, 4.69) is 5.32 Å². The Hall–Kier alpha value is -0.380. The third-order valence-electron chi connectivity index (χ3n) is 3.33. The maximum atomic E-state index is 9.91. The van der Waals surface area contributed by atoms with Crippen molar-refractivity contribution in [1.82, 2.24) is 5.32 Å². The first-order chi connectivity index (χ1) is 7.86. The van der Waals surface area contributed by atoms with E-state index < -0.39 is 0 Å². The van der Waals surface area contributed by atoms with Crippen LogP contribution in [0, 0.1) is 0 Å². The topological polar surface area (TPSA) is 32.3 Å². The molecule has 1 fully saturated rings. The van der Waals surface area contributed by atoms with Crippen LogP contribution >= 0.6 is 11.3 Å². The first kappa shape index (κ1) is 12.1. The van der Waals surface area contributed by atoms with Gasteiger partial charge in [0.1, 0.15) is 0 Å². The van der Waals surface area contributed by atoms with Gasteiger partial charge in [0.15, 0.2) is 0 Å². The van der Waals surface area contributed by atoms with Crippen LogP contribution < -0.4 is 5.32 Å². The first-order valence-electron chi connectivity index (χ1n) is 6.31. The van der Waals surface area contributed by atoms with Gasteiger partial charge in [0.2, 0.25) is 0 Å². The number of hydrogen-bond acceptors (Lipinski definition) is 3. The molecule has 1 unspecified atom stereocenters. The minimum atomic E-state index is -0.281. The van der Waals surface area contributed by atoms with Crippen LogP contribution in [0.25, 0.3) is 0 Å². The minimum Gasteiger partial charge on any atom is -0.388 e. The van der Waals surface area contributed by atoms with Crippen LogP contribution in [0.2, 0.25) is 0 Å². The lowest BCUT2D eigenvalue weighted by atomic mass is 9.95. The molecule has 2 rings (SSSR count). The largest absolute Gasteiger partial charge is 0.388 e. The van der Waals surface area contributed by atoms with Gasteiger partial charge in [-0.05, 0) is 37.3 Å². The summed E-state index contributed by atoms with van der Waals surface area (Å²) in [5, 5.41) is 15.5. The van der Waals surface area contributed by atoms with E-state index >= 15 is 0 Å². The second-order valence-electron chi connectivity index (χ2n) is 4.61. The number of nitrogens with one attached hydrogen (secondary N) is 1. The zero-order valence-corrected chi connectivity index (χ0v) is 10.5. The Morgan fingerprint density at radius 2 is 2.19 bits per heavy atom. The average molecular weight is 239 g/mol. The fourth-order valence-electron chi connectivity index (χ4n) is 2.35. The molecule has 1 aromatic heterocycles. The van der Waals surface area contributed by atoms with Crippen LogP contribution in [0.1, 0.15) is 49.5 Å². The van der Waals surface area contributed by atoms with Crippen molar-refractivity contribution in [3.05, 3.63) is 22.4 Å². The fourth-order valence-corrected chi connectivity index (χ4v) is 3.10. The Morgan fingerprint density at radius 3 is 2.88 bits per heavy atom. The number of hydrogen-bond donors (Lipinski definition) is 2. The molecule has 0 radical (unpaired) electrons. The highest BCUT2D eigenvalue weighted by atomic mass is 32.1. The lowest BCUT2D eigenvalue weighted by Crippen LogP contribution is -2.32. The summed E-state index contributed by atoms with van der Waals surface area (Å²) >= 11 is 1.64. The number of thiophene rings is 1. The average Bonchev–Trinajstić information content (AvgIpc) is 2.84. The molecule has 1 aromatic rings. The molecule has 0 bridgehead atoms. The van der Waals surface area contributed by atoms with Crippen molar-refractivity contribution in [2.24, 2.45) is 0 Å². The van der Waals surface area contributed by atoms with E-state index in [0.717, 1.165) is 17.8 Å². The van der Waals surface area contributed by atoms with Crippen LogP contribution in [0.5, 0.6) is 0 Å². The summed E-state index contributed by atoms with van der Waals surface area (Å²) in [7, 11) is 0. The molecule has 3 heteroatoms. The molecule has 90 valence electrons. The number of aliphatic hydroxyl groups is 1. The van der Waals surface area contributed by atoms with Gasteiger partial charge in [-0.1, -0.05) is 25.3 Å². The van der Waals surface area contributed by atoms with Crippen LogP contribution in [0.15, 0.2) is 17.5 Å². The molecular formula is C13H21NOS. The van der Waals surface area contributed by atoms with Gasteiger partial charge in [-0.25, -0.2) is 0 Å². The van der Waals surface area contributed by atoms with E-state index in [1.165, 1.54) is 32.1 Å². The maximum Gasteiger partial charge on any atom is 0.0894 e. The van der Waals surface area contributed by atoms with E-state index in [0.29, 0.717) is 6.04 Å². The quantitative estimate of drug-likeness (QED) is 0.827. The van der Waals surface area contributed by atoms with Gasteiger partial charge in [-0.3, -0.25) is 0 Å². The first-order valence-corrected chi connectivity index (χ1v) is 7.19. The summed E-state index contributed by atoms with van der Waals surface area (Å²) in [5.74, 6) is 0. The second-order valence-corrected chi connectivity index (χ2v) is 5.59. The van der Waals surface area contributed by atoms with Crippen molar-refractivity contribution < 1.29 is 5.11 Å². The fraction of sp³-hybridized carbons (Fsp3) is 0.692. The van der Waals surface area contributed by atoms with Gasteiger partial charge in [0.05, 0.1) is 6.10 Å². The highest BCUT2D eigenvalue weighted by molar-refractivity contribution is 7.10. The van der Waals surface area contributed by atoms with Gasteiger partial charge < -0.3 is 10.4 Å². The molecule has 16 heavy (non-hydrogen) atoms. The highest BCUT2D eigenvalue weighted by Gasteiger charge is 2.13. The number of aliphatic hydroxyl groups excluding tert-OH is 1. The van der Waals surface area contributed by atoms with E-state index in [1.807, 2.05) is 17.5 Å². The predicted octanol–water partition coefficient (Wildman–Crippen LogP) is 3.09. The standard InChI is InChI=1S/C13H21NOS/c15-12(13-7-4-10-16-13)8-9-14-11-5-2-1-3-6-11/h4,7,10-12,14-15H,1-3,5-6,8-9H2. The summed E-state index contributed by atoms with van der Waals surface area (Å²) in [6.45, 7) is 0.934. The van der Waals surface area contributed by atoms with Crippen molar-refractivity contribution in [3.63, 3.8) is 0 Å². The Kier molecular flexibility index (Phi) is 4.82. The summed E-state index contributed by atoms with van der Waals surface area (Å²) < 4.78 is 0. The summed E-state index contributed by atoms with van der Waals surface area (Å²) in [6.07, 6.45) is 7.31. The monoisotopic (exact) mass is 239 g/mol. The zero-order valence-electron chi connectivity index (χ0n) is 9.69. The molecule has 1 aliphatic rings. The molecule has 0 amide bonds. The molecule has 1 heterocycles. The van der Waals surface area contributed by atoms with E-state index in [-0.39, 0.29) is 6.10 Å². The molecule has 1 saturated carbocycles. The summed E-state index contributed by atoms with van der Waals surface area (Å²) in [5.41, 5.74) is 0. The molecule has 1 atom stereocenters. The van der Waals surface area contributed by atoms with Crippen LogP contribution in [-0.4, -0.2) is 17.7 Å². The number of rotatable bonds is 5. The molecule has 0 saturated heterocycles. The minimum absolute atomic E-state index is 0.281. The molecule has 2 N–H and O–H groups in total. The van der Waals surface area contributed by atoms with E-state index in [4.69, 9.17) is 0 Å². The van der Waals surface area contributed by atoms with Crippen molar-refractivity contribution >= 4 is 11.3 Å². The lowest BCUT2D eigenvalue weighted by molar-refractivity contribution is 0.168. The molecule has 0 aromatic carbocycles. The highest BCUT2D eigenvalue weighted by Crippen LogP contribution is 2.22. The summed E-state index contributed by atoms with van der Waals surface area (Å²) in [4.78, 5) is 1.09. The van der Waals surface area contributed by atoms with Crippen LogP contribution in [0.3, 0.4) is 0 Å². The molecule has 0 spiro atoms. The summed E-state index contributed by atoms with van der Waals surface area (Å²) in [6, 6.07) is 4.71. The van der Waals surface area contributed by atoms with Crippen LogP contribution in [-0.2, 0) is 0 Å². The van der Waals surface area contributed by atoms with E-state index in [1.54, 1.807) is 11.3 Å². The van der Waals surface area contributed by atoms with Crippen LogP contribution in [0.4, 0.5) is 0 Å². The van der Waals surface area contributed by atoms with Gasteiger partial charge in [0.25, 0.3) is 0 Å². The maximum absolute atomic E-state index is 9.91. The van der Waals surface area contributed by atoms with Crippen molar-refractivity contribution in [2.45, 2.75) is 50.7 Å². The van der Waals surface area contributed by atoms with Gasteiger partial charge in [0, 0.05) is 10.9 Å². The van der Waals surface area contributed by atoms with E-state index in [9.17, 15) is 5.11 Å². The molecule has 1 aliphatic carbocycles. The third-order valence-corrected chi connectivity index (χ3v) is 4.30. The van der Waals surface area contributed by atoms with Gasteiger partial charge >= 0.3 is 0 Å². The third kappa shape index (κ3) is 3.58. The predicted molar refractivity (Wildman–Crippen MR) is 68.8 cm³/mol. The second kappa shape index (κ2) is 6.38. The molecule has 2 nitrogen and oxygen atoms in total. The normalized spacial score (nSPS) is 19.8. The Balaban J connectivity index is 1.63. The zero-order chi connectivity index (χ0) is 11.2. The van der Waals surface area contributed by atoms with Crippen molar-refractivity contribution in [2.75, 3.05) is 6.54 Å². The SMILES string of the molecule is OC(CCNC1CCCCC1)c1cccs1. The lowest BCUT2D eigenvalue weighted by Gasteiger charge is -2.23. The van der Waals surface area contributed by atoms with Crippen molar-refractivity contribution in [3.8, 4) is 0 Å². The Labute approximate surface area is 102 Å². The molecule has 0 aliphatic heterocycles. The molecular weight excluding hydrogens is 218 g/mol. The van der Waals surface area contributed by atoms with Gasteiger partial charge in [-0.15, -0.1) is 11.3 Å². The Bertz CT molecular complexity index is 280.